The molecule has 2 fully saturated rings. The lowest BCUT2D eigenvalue weighted by Crippen LogP contribution is -2.50. The summed E-state index contributed by atoms with van der Waals surface area (Å²) >= 11 is 5.82. The highest BCUT2D eigenvalue weighted by Gasteiger charge is 2.27. The van der Waals surface area contributed by atoms with Crippen LogP contribution in [0, 0.1) is 0 Å². The fourth-order valence-electron chi connectivity index (χ4n) is 3.05. The molecule has 0 atom stereocenters. The van der Waals surface area contributed by atoms with E-state index in [-0.39, 0.29) is 11.2 Å². The molecule has 7 heteroatoms. The van der Waals surface area contributed by atoms with Gasteiger partial charge in [0.1, 0.15) is 0 Å². The number of aromatic nitrogens is 3. The molecule has 0 aromatic carbocycles. The van der Waals surface area contributed by atoms with Gasteiger partial charge in [-0.05, 0) is 24.4 Å². The number of hydrogen-bond donors (Lipinski definition) is 1. The Morgan fingerprint density at radius 2 is 1.68 bits per heavy atom. The summed E-state index contributed by atoms with van der Waals surface area (Å²) in [6.07, 6.45) is 5.46. The topological polar surface area (TPSA) is 71.2 Å². The Bertz CT molecular complexity index is 420. The van der Waals surface area contributed by atoms with E-state index in [1.165, 1.54) is 25.7 Å². The van der Waals surface area contributed by atoms with Gasteiger partial charge >= 0.3 is 0 Å². The molecule has 0 bridgehead atoms. The van der Waals surface area contributed by atoms with Gasteiger partial charge in [-0.1, -0.05) is 12.8 Å². The smallest absolute Gasteiger partial charge is 0.231 e. The van der Waals surface area contributed by atoms with E-state index in [0.717, 1.165) is 32.2 Å². The van der Waals surface area contributed by atoms with Crippen molar-refractivity contribution in [3.63, 3.8) is 0 Å². The van der Waals surface area contributed by atoms with Crippen LogP contribution in [0.4, 0.5) is 11.9 Å². The minimum Gasteiger partial charge on any atom is -0.368 e. The maximum absolute atomic E-state index is 5.82. The molecule has 1 aromatic heterocycles. The molecule has 2 N–H and O–H groups in total. The number of nitrogen functional groups attached to an aromatic ring is 1. The lowest BCUT2D eigenvalue weighted by molar-refractivity contribution is 0.187. The highest BCUT2D eigenvalue weighted by molar-refractivity contribution is 6.28. The van der Waals surface area contributed by atoms with E-state index in [1.807, 2.05) is 0 Å². The summed E-state index contributed by atoms with van der Waals surface area (Å²) in [5, 5.41) is 0.167. The second kappa shape index (κ2) is 5.46. The summed E-state index contributed by atoms with van der Waals surface area (Å²) in [5.74, 6) is 0.789. The van der Waals surface area contributed by atoms with E-state index >= 15 is 0 Å². The molecule has 0 radical (unpaired) electrons. The second-order valence-corrected chi connectivity index (χ2v) is 5.56. The zero-order chi connectivity index (χ0) is 13.2. The van der Waals surface area contributed by atoms with E-state index in [9.17, 15) is 0 Å². The first kappa shape index (κ1) is 12.9. The van der Waals surface area contributed by atoms with Crippen molar-refractivity contribution in [3.05, 3.63) is 5.28 Å². The molecule has 1 saturated carbocycles. The molecule has 2 aliphatic rings. The molecule has 2 heterocycles. The molecule has 1 aliphatic carbocycles. The first-order valence-electron chi connectivity index (χ1n) is 6.88. The van der Waals surface area contributed by atoms with E-state index in [2.05, 4.69) is 24.8 Å². The van der Waals surface area contributed by atoms with Gasteiger partial charge in [0.2, 0.25) is 17.2 Å². The monoisotopic (exact) mass is 282 g/mol. The van der Waals surface area contributed by atoms with Crippen LogP contribution < -0.4 is 10.6 Å². The fraction of sp³-hybridized carbons (Fsp3) is 0.750. The van der Waals surface area contributed by atoms with Crippen LogP contribution >= 0.6 is 11.6 Å². The van der Waals surface area contributed by atoms with Crippen molar-refractivity contribution in [1.82, 2.24) is 19.9 Å². The summed E-state index contributed by atoms with van der Waals surface area (Å²) < 4.78 is 0. The predicted molar refractivity (Wildman–Crippen MR) is 75.3 cm³/mol. The maximum Gasteiger partial charge on any atom is 0.231 e. The van der Waals surface area contributed by atoms with Crippen molar-refractivity contribution < 1.29 is 0 Å². The Balaban J connectivity index is 1.63. The molecular weight excluding hydrogens is 264 g/mol. The van der Waals surface area contributed by atoms with Crippen molar-refractivity contribution in [2.24, 2.45) is 0 Å². The predicted octanol–water partition coefficient (Wildman–Crippen LogP) is 1.17. The largest absolute Gasteiger partial charge is 0.368 e. The average molecular weight is 283 g/mol. The van der Waals surface area contributed by atoms with Gasteiger partial charge in [-0.25, -0.2) is 0 Å². The van der Waals surface area contributed by atoms with Gasteiger partial charge in [-0.15, -0.1) is 0 Å². The first-order valence-corrected chi connectivity index (χ1v) is 7.26. The fourth-order valence-corrected chi connectivity index (χ4v) is 3.21. The third-order valence-electron chi connectivity index (χ3n) is 4.05. The summed E-state index contributed by atoms with van der Waals surface area (Å²) in [6.45, 7) is 3.98. The van der Waals surface area contributed by atoms with E-state index in [4.69, 9.17) is 17.3 Å². The number of halogens is 1. The SMILES string of the molecule is Nc1nc(Cl)nc(N2CCN(C3CCCC3)CC2)n1. The number of piperazine rings is 1. The standard InChI is InChI=1S/C12H19ClN6/c13-10-15-11(14)17-12(16-10)19-7-5-18(6-8-19)9-3-1-2-4-9/h9H,1-8H2,(H2,14,15,16,17). The molecule has 0 spiro atoms. The van der Waals surface area contributed by atoms with Crippen molar-refractivity contribution in [2.45, 2.75) is 31.7 Å². The molecule has 104 valence electrons. The van der Waals surface area contributed by atoms with E-state index in [0.29, 0.717) is 5.95 Å². The van der Waals surface area contributed by atoms with Gasteiger partial charge < -0.3 is 10.6 Å². The van der Waals surface area contributed by atoms with Crippen LogP contribution in [0.15, 0.2) is 0 Å². The van der Waals surface area contributed by atoms with E-state index in [1.54, 1.807) is 0 Å². The highest BCUT2D eigenvalue weighted by Crippen LogP contribution is 2.25. The Kier molecular flexibility index (Phi) is 3.70. The highest BCUT2D eigenvalue weighted by atomic mass is 35.5. The van der Waals surface area contributed by atoms with Gasteiger partial charge in [-0.3, -0.25) is 4.90 Å². The van der Waals surface area contributed by atoms with Crippen LogP contribution in [0.3, 0.4) is 0 Å². The molecule has 0 unspecified atom stereocenters. The maximum atomic E-state index is 5.82. The second-order valence-electron chi connectivity index (χ2n) is 5.22. The summed E-state index contributed by atoms with van der Waals surface area (Å²) in [6, 6.07) is 0.786. The van der Waals surface area contributed by atoms with Crippen molar-refractivity contribution in [1.29, 1.82) is 0 Å². The van der Waals surface area contributed by atoms with Crippen LogP contribution in [-0.4, -0.2) is 52.1 Å². The minimum absolute atomic E-state index is 0.167. The van der Waals surface area contributed by atoms with Crippen LogP contribution in [0.1, 0.15) is 25.7 Å². The van der Waals surface area contributed by atoms with Gasteiger partial charge in [0.25, 0.3) is 0 Å². The molecule has 6 nitrogen and oxygen atoms in total. The lowest BCUT2D eigenvalue weighted by atomic mass is 10.2. The Hall–Kier alpha value is -1.14. The van der Waals surface area contributed by atoms with Gasteiger partial charge in [0.15, 0.2) is 0 Å². The summed E-state index contributed by atoms with van der Waals surface area (Å²) in [4.78, 5) is 16.8. The minimum atomic E-state index is 0.167. The van der Waals surface area contributed by atoms with Crippen LogP contribution in [0.2, 0.25) is 5.28 Å². The zero-order valence-electron chi connectivity index (χ0n) is 10.9. The van der Waals surface area contributed by atoms with Gasteiger partial charge in [-0.2, -0.15) is 15.0 Å². The van der Waals surface area contributed by atoms with Crippen LogP contribution in [0.5, 0.6) is 0 Å². The summed E-state index contributed by atoms with van der Waals surface area (Å²) in [5.41, 5.74) is 5.61. The molecule has 1 saturated heterocycles. The average Bonchev–Trinajstić information content (AvgIpc) is 2.91. The van der Waals surface area contributed by atoms with Crippen molar-refractivity contribution >= 4 is 23.5 Å². The van der Waals surface area contributed by atoms with Crippen LogP contribution in [0.25, 0.3) is 0 Å². The normalized spacial score (nSPS) is 22.1. The zero-order valence-corrected chi connectivity index (χ0v) is 11.7. The number of rotatable bonds is 2. The molecule has 1 aliphatic heterocycles. The molecule has 3 rings (SSSR count). The van der Waals surface area contributed by atoms with Gasteiger partial charge in [0.05, 0.1) is 0 Å². The number of hydrogen-bond acceptors (Lipinski definition) is 6. The lowest BCUT2D eigenvalue weighted by Gasteiger charge is -2.38. The summed E-state index contributed by atoms with van der Waals surface area (Å²) in [7, 11) is 0. The number of anilines is 2. The van der Waals surface area contributed by atoms with Crippen LogP contribution in [-0.2, 0) is 0 Å². The molecular formula is C12H19ClN6. The molecule has 1 aromatic rings. The Labute approximate surface area is 118 Å². The third-order valence-corrected chi connectivity index (χ3v) is 4.22. The van der Waals surface area contributed by atoms with Crippen molar-refractivity contribution in [3.8, 4) is 0 Å². The quantitative estimate of drug-likeness (QED) is 0.878. The Morgan fingerprint density at radius 1 is 1.00 bits per heavy atom. The molecule has 19 heavy (non-hydrogen) atoms. The third kappa shape index (κ3) is 2.90. The van der Waals surface area contributed by atoms with E-state index < -0.39 is 0 Å². The number of nitrogens with zero attached hydrogens (tertiary/aromatic N) is 5. The molecule has 0 amide bonds. The first-order chi connectivity index (χ1) is 9.22. The van der Waals surface area contributed by atoms with Gasteiger partial charge in [0, 0.05) is 32.2 Å². The van der Waals surface area contributed by atoms with Crippen molar-refractivity contribution in [2.75, 3.05) is 36.8 Å². The number of nitrogens with two attached hydrogens (primary N) is 1. The Morgan fingerprint density at radius 3 is 2.32 bits per heavy atom.